The van der Waals surface area contributed by atoms with Gasteiger partial charge in [-0.15, -0.1) is 5.10 Å². The third kappa shape index (κ3) is 3.31. The quantitative estimate of drug-likeness (QED) is 0.684. The Morgan fingerprint density at radius 1 is 1.30 bits per heavy atom. The number of benzene rings is 1. The van der Waals surface area contributed by atoms with Crippen molar-refractivity contribution in [2.75, 3.05) is 5.32 Å². The van der Waals surface area contributed by atoms with Gasteiger partial charge in [-0.25, -0.2) is 4.68 Å². The second kappa shape index (κ2) is 5.28. The van der Waals surface area contributed by atoms with E-state index in [2.05, 4.69) is 36.4 Å². The molecule has 20 heavy (non-hydrogen) atoms. The first kappa shape index (κ1) is 14.0. The fraction of sp³-hybridized carbons (Fsp3) is 0.385. The molecule has 1 aromatic carbocycles. The van der Waals surface area contributed by atoms with Gasteiger partial charge in [0.2, 0.25) is 0 Å². The summed E-state index contributed by atoms with van der Waals surface area (Å²) in [7, 11) is 0. The number of rotatable bonds is 4. The largest absolute Gasteiger partial charge is 0.379 e. The lowest BCUT2D eigenvalue weighted by Crippen LogP contribution is -2.22. The SMILES string of the molecule is CC(C)(C)n1cc(CNc2ccc([N+](=O)[O-])cc2)nn1. The Balaban J connectivity index is 1.98. The summed E-state index contributed by atoms with van der Waals surface area (Å²) in [6.07, 6.45) is 1.89. The zero-order valence-electron chi connectivity index (χ0n) is 11.7. The van der Waals surface area contributed by atoms with Gasteiger partial charge in [-0.1, -0.05) is 5.21 Å². The van der Waals surface area contributed by atoms with Crippen molar-refractivity contribution in [3.8, 4) is 0 Å². The third-order valence-corrected chi connectivity index (χ3v) is 2.78. The highest BCUT2D eigenvalue weighted by atomic mass is 16.6. The van der Waals surface area contributed by atoms with Crippen molar-refractivity contribution in [3.05, 3.63) is 46.3 Å². The molecule has 106 valence electrons. The number of hydrogen-bond acceptors (Lipinski definition) is 5. The molecule has 0 saturated carbocycles. The lowest BCUT2D eigenvalue weighted by molar-refractivity contribution is -0.384. The molecule has 2 rings (SSSR count). The predicted octanol–water partition coefficient (Wildman–Crippen LogP) is 2.55. The maximum Gasteiger partial charge on any atom is 0.269 e. The standard InChI is InChI=1S/C13H17N5O2/c1-13(2,3)17-9-11(15-16-17)8-14-10-4-6-12(7-5-10)18(19)20/h4-7,9,14H,8H2,1-3H3. The number of anilines is 1. The first-order valence-corrected chi connectivity index (χ1v) is 6.26. The molecule has 0 unspecified atom stereocenters. The van der Waals surface area contributed by atoms with E-state index in [0.29, 0.717) is 6.54 Å². The zero-order chi connectivity index (χ0) is 14.8. The van der Waals surface area contributed by atoms with Gasteiger partial charge in [-0.2, -0.15) is 0 Å². The van der Waals surface area contributed by atoms with E-state index < -0.39 is 4.92 Å². The lowest BCUT2D eigenvalue weighted by Gasteiger charge is -2.17. The van der Waals surface area contributed by atoms with E-state index in [1.807, 2.05) is 6.20 Å². The number of nitrogens with one attached hydrogen (secondary N) is 1. The fourth-order valence-corrected chi connectivity index (χ4v) is 1.60. The Kier molecular flexibility index (Phi) is 3.69. The Morgan fingerprint density at radius 2 is 1.95 bits per heavy atom. The molecule has 7 heteroatoms. The zero-order valence-corrected chi connectivity index (χ0v) is 11.7. The van der Waals surface area contributed by atoms with Crippen molar-refractivity contribution in [1.82, 2.24) is 15.0 Å². The minimum atomic E-state index is -0.418. The van der Waals surface area contributed by atoms with Crippen molar-refractivity contribution in [1.29, 1.82) is 0 Å². The Hall–Kier alpha value is -2.44. The van der Waals surface area contributed by atoms with Crippen LogP contribution in [0.25, 0.3) is 0 Å². The minimum Gasteiger partial charge on any atom is -0.379 e. The van der Waals surface area contributed by atoms with Crippen molar-refractivity contribution >= 4 is 11.4 Å². The van der Waals surface area contributed by atoms with Crippen LogP contribution in [0.3, 0.4) is 0 Å². The molecule has 0 spiro atoms. The van der Waals surface area contributed by atoms with Gasteiger partial charge in [0.15, 0.2) is 0 Å². The average Bonchev–Trinajstić information content (AvgIpc) is 2.85. The van der Waals surface area contributed by atoms with Gasteiger partial charge in [-0.3, -0.25) is 10.1 Å². The Bertz CT molecular complexity index is 598. The highest BCUT2D eigenvalue weighted by molar-refractivity contribution is 5.48. The van der Waals surface area contributed by atoms with Gasteiger partial charge >= 0.3 is 0 Å². The number of hydrogen-bond donors (Lipinski definition) is 1. The molecule has 1 aromatic heterocycles. The molecule has 7 nitrogen and oxygen atoms in total. The van der Waals surface area contributed by atoms with E-state index in [4.69, 9.17) is 0 Å². The van der Waals surface area contributed by atoms with E-state index in [1.54, 1.807) is 16.8 Å². The lowest BCUT2D eigenvalue weighted by atomic mass is 10.1. The van der Waals surface area contributed by atoms with Gasteiger partial charge < -0.3 is 5.32 Å². The van der Waals surface area contributed by atoms with Crippen molar-refractivity contribution in [2.45, 2.75) is 32.9 Å². The first-order valence-electron chi connectivity index (χ1n) is 6.26. The van der Waals surface area contributed by atoms with Crippen molar-refractivity contribution in [3.63, 3.8) is 0 Å². The molecule has 2 aromatic rings. The number of nitro groups is 1. The van der Waals surface area contributed by atoms with E-state index in [-0.39, 0.29) is 11.2 Å². The summed E-state index contributed by atoms with van der Waals surface area (Å²) in [5, 5.41) is 21.9. The first-order chi connectivity index (χ1) is 9.36. The maximum absolute atomic E-state index is 10.6. The molecule has 0 aliphatic rings. The van der Waals surface area contributed by atoms with Crippen LogP contribution in [0.2, 0.25) is 0 Å². The molecule has 1 heterocycles. The van der Waals surface area contributed by atoms with Crippen LogP contribution in [0.1, 0.15) is 26.5 Å². The summed E-state index contributed by atoms with van der Waals surface area (Å²) in [4.78, 5) is 10.1. The minimum absolute atomic E-state index is 0.0780. The molecule has 0 amide bonds. The van der Waals surface area contributed by atoms with Crippen molar-refractivity contribution < 1.29 is 4.92 Å². The molecule has 0 aliphatic heterocycles. The van der Waals surface area contributed by atoms with Crippen LogP contribution in [0, 0.1) is 10.1 Å². The second-order valence-electron chi connectivity index (χ2n) is 5.48. The molecule has 0 saturated heterocycles. The highest BCUT2D eigenvalue weighted by Gasteiger charge is 2.14. The van der Waals surface area contributed by atoms with Crippen LogP contribution in [0.15, 0.2) is 30.5 Å². The van der Waals surface area contributed by atoms with Crippen LogP contribution >= 0.6 is 0 Å². The van der Waals surface area contributed by atoms with Gasteiger partial charge in [0.05, 0.1) is 23.2 Å². The normalized spacial score (nSPS) is 11.3. The molecular formula is C13H17N5O2. The number of nitro benzene ring substituents is 1. The van der Waals surface area contributed by atoms with Crippen LogP contribution in [0.5, 0.6) is 0 Å². The summed E-state index contributed by atoms with van der Waals surface area (Å²) in [6.45, 7) is 6.67. The molecular weight excluding hydrogens is 258 g/mol. The topological polar surface area (TPSA) is 85.9 Å². The number of aromatic nitrogens is 3. The van der Waals surface area contributed by atoms with Gasteiger partial charge in [0.25, 0.3) is 5.69 Å². The Morgan fingerprint density at radius 3 is 2.45 bits per heavy atom. The Labute approximate surface area is 116 Å². The van der Waals surface area contributed by atoms with Crippen LogP contribution in [-0.2, 0) is 12.1 Å². The third-order valence-electron chi connectivity index (χ3n) is 2.78. The molecule has 0 fully saturated rings. The van der Waals surface area contributed by atoms with E-state index in [0.717, 1.165) is 11.4 Å². The summed E-state index contributed by atoms with van der Waals surface area (Å²) in [6, 6.07) is 6.28. The van der Waals surface area contributed by atoms with Gasteiger partial charge in [0.1, 0.15) is 5.69 Å². The summed E-state index contributed by atoms with van der Waals surface area (Å²) in [5.74, 6) is 0. The van der Waals surface area contributed by atoms with E-state index in [9.17, 15) is 10.1 Å². The number of non-ortho nitro benzene ring substituents is 1. The number of nitrogens with zero attached hydrogens (tertiary/aromatic N) is 4. The van der Waals surface area contributed by atoms with E-state index in [1.165, 1.54) is 12.1 Å². The summed E-state index contributed by atoms with van der Waals surface area (Å²) < 4.78 is 1.81. The van der Waals surface area contributed by atoms with Gasteiger partial charge in [0, 0.05) is 17.8 Å². The second-order valence-corrected chi connectivity index (χ2v) is 5.48. The highest BCUT2D eigenvalue weighted by Crippen LogP contribution is 2.16. The molecule has 1 N–H and O–H groups in total. The van der Waals surface area contributed by atoms with Crippen LogP contribution < -0.4 is 5.32 Å². The average molecular weight is 275 g/mol. The summed E-state index contributed by atoms with van der Waals surface area (Å²) in [5.41, 5.74) is 1.60. The molecule has 0 radical (unpaired) electrons. The van der Waals surface area contributed by atoms with E-state index >= 15 is 0 Å². The van der Waals surface area contributed by atoms with Crippen molar-refractivity contribution in [2.24, 2.45) is 0 Å². The fourth-order valence-electron chi connectivity index (χ4n) is 1.60. The molecule has 0 bridgehead atoms. The predicted molar refractivity (Wildman–Crippen MR) is 75.4 cm³/mol. The maximum atomic E-state index is 10.6. The van der Waals surface area contributed by atoms with Gasteiger partial charge in [-0.05, 0) is 32.9 Å². The summed E-state index contributed by atoms with van der Waals surface area (Å²) >= 11 is 0. The molecule has 0 atom stereocenters. The smallest absolute Gasteiger partial charge is 0.269 e. The monoisotopic (exact) mass is 275 g/mol. The molecule has 0 aliphatic carbocycles. The van der Waals surface area contributed by atoms with Crippen LogP contribution in [-0.4, -0.2) is 19.9 Å². The van der Waals surface area contributed by atoms with Crippen LogP contribution in [0.4, 0.5) is 11.4 Å².